The maximum Gasteiger partial charge on any atom is 0.256 e. The molecule has 0 heterocycles. The third kappa shape index (κ3) is 3.47. The van der Waals surface area contributed by atoms with Crippen LogP contribution in [-0.4, -0.2) is 41.7 Å². The van der Waals surface area contributed by atoms with Crippen molar-refractivity contribution in [3.05, 3.63) is 29.8 Å². The molecule has 1 atom stereocenters. The molecule has 0 saturated heterocycles. The van der Waals surface area contributed by atoms with Gasteiger partial charge in [0.2, 0.25) is 0 Å². The van der Waals surface area contributed by atoms with Crippen LogP contribution in [-0.2, 0) is 0 Å². The van der Waals surface area contributed by atoms with Crippen LogP contribution in [0, 0.1) is 0 Å². The van der Waals surface area contributed by atoms with Crippen molar-refractivity contribution in [1.82, 2.24) is 4.90 Å². The smallest absolute Gasteiger partial charge is 0.256 e. The number of aliphatic hydroxyl groups is 1. The molecule has 0 radical (unpaired) electrons. The number of anilines is 1. The molecule has 0 aliphatic rings. The molecule has 0 aliphatic carbocycles. The number of carbonyl (C=O) groups is 1. The van der Waals surface area contributed by atoms with Gasteiger partial charge in [0.1, 0.15) is 0 Å². The number of hydrogen-bond acceptors (Lipinski definition) is 3. The molecule has 18 heavy (non-hydrogen) atoms. The molecule has 2 N–H and O–H groups in total. The van der Waals surface area contributed by atoms with E-state index in [0.29, 0.717) is 5.56 Å². The van der Waals surface area contributed by atoms with Gasteiger partial charge in [0, 0.05) is 18.8 Å². The fraction of sp³-hybridized carbons (Fsp3) is 0.500. The highest BCUT2D eigenvalue weighted by Crippen LogP contribution is 2.18. The van der Waals surface area contributed by atoms with Gasteiger partial charge in [0.05, 0.1) is 18.2 Å². The Balaban J connectivity index is 2.98. The maximum atomic E-state index is 12.3. The third-order valence-electron chi connectivity index (χ3n) is 2.85. The lowest BCUT2D eigenvalue weighted by atomic mass is 10.1. The van der Waals surface area contributed by atoms with Crippen LogP contribution in [0.15, 0.2) is 24.3 Å². The second-order valence-corrected chi connectivity index (χ2v) is 4.79. The Hall–Kier alpha value is -1.55. The van der Waals surface area contributed by atoms with Crippen molar-refractivity contribution < 1.29 is 9.90 Å². The minimum absolute atomic E-state index is 0.0397. The van der Waals surface area contributed by atoms with Gasteiger partial charge in [-0.2, -0.15) is 0 Å². The normalized spacial score (nSPS) is 12.3. The Morgan fingerprint density at radius 3 is 2.50 bits per heavy atom. The number of rotatable bonds is 5. The van der Waals surface area contributed by atoms with Crippen LogP contribution >= 0.6 is 0 Å². The summed E-state index contributed by atoms with van der Waals surface area (Å²) in [5, 5.41) is 12.4. The average molecular weight is 250 g/mol. The van der Waals surface area contributed by atoms with Gasteiger partial charge >= 0.3 is 0 Å². The second-order valence-electron chi connectivity index (χ2n) is 4.79. The summed E-state index contributed by atoms with van der Waals surface area (Å²) >= 11 is 0. The van der Waals surface area contributed by atoms with Crippen molar-refractivity contribution in [3.8, 4) is 0 Å². The summed E-state index contributed by atoms with van der Waals surface area (Å²) in [5.41, 5.74) is 1.46. The molecule has 100 valence electrons. The minimum atomic E-state index is -0.190. The second kappa shape index (κ2) is 6.40. The number of benzene rings is 1. The van der Waals surface area contributed by atoms with Crippen LogP contribution in [0.1, 0.15) is 31.1 Å². The SMILES string of the molecule is CC(C)Nc1ccccc1C(=O)N(C)C(C)CO. The molecule has 0 aromatic heterocycles. The van der Waals surface area contributed by atoms with E-state index in [-0.39, 0.29) is 24.6 Å². The zero-order valence-electron chi connectivity index (χ0n) is 11.5. The van der Waals surface area contributed by atoms with E-state index < -0.39 is 0 Å². The fourth-order valence-corrected chi connectivity index (χ4v) is 1.62. The lowest BCUT2D eigenvalue weighted by molar-refractivity contribution is 0.0683. The first-order valence-electron chi connectivity index (χ1n) is 6.21. The van der Waals surface area contributed by atoms with E-state index in [4.69, 9.17) is 5.11 Å². The van der Waals surface area contributed by atoms with Gasteiger partial charge in [-0.3, -0.25) is 4.79 Å². The largest absolute Gasteiger partial charge is 0.394 e. The topological polar surface area (TPSA) is 52.6 Å². The lowest BCUT2D eigenvalue weighted by Crippen LogP contribution is -2.37. The lowest BCUT2D eigenvalue weighted by Gasteiger charge is -2.25. The molecule has 0 fully saturated rings. The molecular weight excluding hydrogens is 228 g/mol. The number of likely N-dealkylation sites (N-methyl/N-ethyl adjacent to an activating group) is 1. The number of hydrogen-bond donors (Lipinski definition) is 2. The van der Waals surface area contributed by atoms with Crippen LogP contribution in [0.3, 0.4) is 0 Å². The number of nitrogens with zero attached hydrogens (tertiary/aromatic N) is 1. The van der Waals surface area contributed by atoms with Gasteiger partial charge in [-0.05, 0) is 32.9 Å². The Morgan fingerprint density at radius 1 is 1.33 bits per heavy atom. The maximum absolute atomic E-state index is 12.3. The molecule has 4 nitrogen and oxygen atoms in total. The van der Waals surface area contributed by atoms with Crippen molar-refractivity contribution in [2.45, 2.75) is 32.9 Å². The van der Waals surface area contributed by atoms with Crippen molar-refractivity contribution in [2.24, 2.45) is 0 Å². The Morgan fingerprint density at radius 2 is 1.94 bits per heavy atom. The van der Waals surface area contributed by atoms with Crippen LogP contribution in [0.4, 0.5) is 5.69 Å². The van der Waals surface area contributed by atoms with Crippen molar-refractivity contribution >= 4 is 11.6 Å². The molecule has 1 aromatic carbocycles. The number of carbonyl (C=O) groups excluding carboxylic acids is 1. The summed E-state index contributed by atoms with van der Waals surface area (Å²) in [6, 6.07) is 7.51. The van der Waals surface area contributed by atoms with Gasteiger partial charge in [-0.25, -0.2) is 0 Å². The van der Waals surface area contributed by atoms with E-state index >= 15 is 0 Å². The first-order chi connectivity index (χ1) is 8.47. The Kier molecular flexibility index (Phi) is 5.16. The predicted molar refractivity (Wildman–Crippen MR) is 73.8 cm³/mol. The first kappa shape index (κ1) is 14.5. The monoisotopic (exact) mass is 250 g/mol. The van der Waals surface area contributed by atoms with E-state index in [0.717, 1.165) is 5.69 Å². The van der Waals surface area contributed by atoms with Crippen molar-refractivity contribution in [1.29, 1.82) is 0 Å². The summed E-state index contributed by atoms with van der Waals surface area (Å²) in [7, 11) is 1.70. The van der Waals surface area contributed by atoms with E-state index in [1.165, 1.54) is 0 Å². The van der Waals surface area contributed by atoms with Gasteiger partial charge in [-0.15, -0.1) is 0 Å². The van der Waals surface area contributed by atoms with E-state index in [2.05, 4.69) is 5.32 Å². The molecule has 4 heteroatoms. The van der Waals surface area contributed by atoms with E-state index in [1.54, 1.807) is 18.0 Å². The molecule has 0 saturated carbocycles. The standard InChI is InChI=1S/C14H22N2O2/c1-10(2)15-13-8-6-5-7-12(13)14(18)16(4)11(3)9-17/h5-8,10-11,15,17H,9H2,1-4H3. The fourth-order valence-electron chi connectivity index (χ4n) is 1.62. The predicted octanol–water partition coefficient (Wildman–Crippen LogP) is 1.96. The van der Waals surface area contributed by atoms with Gasteiger partial charge in [0.25, 0.3) is 5.91 Å². The highest BCUT2D eigenvalue weighted by atomic mass is 16.3. The molecule has 0 aliphatic heterocycles. The van der Waals surface area contributed by atoms with Crippen LogP contribution in [0.2, 0.25) is 0 Å². The molecule has 1 aromatic rings. The number of amides is 1. The van der Waals surface area contributed by atoms with Gasteiger partial charge in [0.15, 0.2) is 0 Å². The number of para-hydroxylation sites is 1. The zero-order valence-corrected chi connectivity index (χ0v) is 11.5. The first-order valence-corrected chi connectivity index (χ1v) is 6.21. The molecule has 1 unspecified atom stereocenters. The number of aliphatic hydroxyl groups excluding tert-OH is 1. The third-order valence-corrected chi connectivity index (χ3v) is 2.85. The zero-order chi connectivity index (χ0) is 13.7. The van der Waals surface area contributed by atoms with Crippen molar-refractivity contribution in [2.75, 3.05) is 19.0 Å². The Bertz CT molecular complexity index is 405. The van der Waals surface area contributed by atoms with Crippen LogP contribution < -0.4 is 5.32 Å². The van der Waals surface area contributed by atoms with Crippen LogP contribution in [0.5, 0.6) is 0 Å². The molecule has 1 amide bonds. The summed E-state index contributed by atoms with van der Waals surface area (Å²) < 4.78 is 0. The number of nitrogens with one attached hydrogen (secondary N) is 1. The van der Waals surface area contributed by atoms with E-state index in [9.17, 15) is 4.79 Å². The van der Waals surface area contributed by atoms with Crippen molar-refractivity contribution in [3.63, 3.8) is 0 Å². The van der Waals surface area contributed by atoms with Gasteiger partial charge < -0.3 is 15.3 Å². The summed E-state index contributed by atoms with van der Waals surface area (Å²) in [6.07, 6.45) is 0. The van der Waals surface area contributed by atoms with Crippen LogP contribution in [0.25, 0.3) is 0 Å². The molecule has 1 rings (SSSR count). The van der Waals surface area contributed by atoms with Gasteiger partial charge in [-0.1, -0.05) is 12.1 Å². The minimum Gasteiger partial charge on any atom is -0.394 e. The quantitative estimate of drug-likeness (QED) is 0.840. The molecule has 0 bridgehead atoms. The average Bonchev–Trinajstić information content (AvgIpc) is 2.36. The molecular formula is C14H22N2O2. The summed E-state index contributed by atoms with van der Waals surface area (Å²) in [4.78, 5) is 13.9. The molecule has 0 spiro atoms. The summed E-state index contributed by atoms with van der Waals surface area (Å²) in [6.45, 7) is 5.83. The summed E-state index contributed by atoms with van der Waals surface area (Å²) in [5.74, 6) is -0.0831. The highest BCUT2D eigenvalue weighted by molar-refractivity contribution is 5.99. The highest BCUT2D eigenvalue weighted by Gasteiger charge is 2.19. The Labute approximate surface area is 109 Å². The van der Waals surface area contributed by atoms with E-state index in [1.807, 2.05) is 39.0 Å².